The van der Waals surface area contributed by atoms with E-state index in [0.717, 1.165) is 31.5 Å². The molecule has 2 amide bonds. The molecule has 0 aliphatic carbocycles. The van der Waals surface area contributed by atoms with Crippen molar-refractivity contribution in [1.82, 2.24) is 20.0 Å². The van der Waals surface area contributed by atoms with E-state index in [1.165, 1.54) is 5.01 Å². The minimum atomic E-state index is -0.184. The molecule has 0 N–H and O–H groups in total. The van der Waals surface area contributed by atoms with Crippen LogP contribution in [0.1, 0.15) is 31.6 Å². The zero-order valence-electron chi connectivity index (χ0n) is 15.7. The van der Waals surface area contributed by atoms with E-state index in [1.54, 1.807) is 17.0 Å². The second-order valence-electron chi connectivity index (χ2n) is 7.08. The summed E-state index contributed by atoms with van der Waals surface area (Å²) in [5.41, 5.74) is 1.22. The third kappa shape index (κ3) is 3.41. The van der Waals surface area contributed by atoms with Crippen LogP contribution < -0.4 is 9.47 Å². The quantitative estimate of drug-likeness (QED) is 0.767. The molecule has 10 nitrogen and oxygen atoms in total. The summed E-state index contributed by atoms with van der Waals surface area (Å²) in [4.78, 5) is 30.8. The molecule has 3 aliphatic rings. The first kappa shape index (κ1) is 17.7. The number of carbonyl (C=O) groups excluding carboxylic acids is 2. The Morgan fingerprint density at radius 1 is 1.10 bits per heavy atom. The van der Waals surface area contributed by atoms with Crippen LogP contribution in [-0.4, -0.2) is 64.0 Å². The van der Waals surface area contributed by atoms with E-state index < -0.39 is 0 Å². The molecule has 1 fully saturated rings. The summed E-state index contributed by atoms with van der Waals surface area (Å²) < 4.78 is 16.1. The molecular formula is C19H19N5O5. The number of amides is 2. The van der Waals surface area contributed by atoms with Gasteiger partial charge in [-0.25, -0.2) is 5.01 Å². The number of nitrogens with zero attached hydrogens (tertiary/aromatic N) is 5. The maximum Gasteiger partial charge on any atom is 0.274 e. The van der Waals surface area contributed by atoms with Crippen LogP contribution >= 0.6 is 0 Å². The van der Waals surface area contributed by atoms with E-state index in [1.807, 2.05) is 6.07 Å². The van der Waals surface area contributed by atoms with Crippen molar-refractivity contribution in [2.75, 3.05) is 26.4 Å². The van der Waals surface area contributed by atoms with Crippen molar-refractivity contribution >= 4 is 17.5 Å². The lowest BCUT2D eigenvalue weighted by atomic mass is 10.1. The van der Waals surface area contributed by atoms with Gasteiger partial charge >= 0.3 is 0 Å². The predicted octanol–water partition coefficient (Wildman–Crippen LogP) is 1.41. The lowest BCUT2D eigenvalue weighted by molar-refractivity contribution is -0.140. The van der Waals surface area contributed by atoms with Crippen molar-refractivity contribution in [2.24, 2.45) is 5.10 Å². The Kier molecular flexibility index (Phi) is 4.38. The van der Waals surface area contributed by atoms with E-state index in [0.29, 0.717) is 29.5 Å². The Labute approximate surface area is 166 Å². The predicted molar refractivity (Wildman–Crippen MR) is 99.2 cm³/mol. The molecule has 1 saturated heterocycles. The maximum atomic E-state index is 12.4. The lowest BCUT2D eigenvalue weighted by Crippen LogP contribution is -2.41. The van der Waals surface area contributed by atoms with Crippen molar-refractivity contribution in [3.8, 4) is 22.9 Å². The van der Waals surface area contributed by atoms with Crippen LogP contribution in [0.4, 0.5) is 0 Å². The van der Waals surface area contributed by atoms with Gasteiger partial charge in [-0.2, -0.15) is 10.1 Å². The second-order valence-corrected chi connectivity index (χ2v) is 7.08. The summed E-state index contributed by atoms with van der Waals surface area (Å²) in [6, 6.07) is 5.38. The van der Waals surface area contributed by atoms with Gasteiger partial charge in [0.1, 0.15) is 12.3 Å². The SMILES string of the molecule is O=C(CN1N=C(c2nc(-c3ccc4c(c3)OCO4)no2)CCC1=O)N1CCCC1. The van der Waals surface area contributed by atoms with Crippen LogP contribution in [0.15, 0.2) is 27.8 Å². The number of likely N-dealkylation sites (tertiary alicyclic amines) is 1. The average Bonchev–Trinajstić information content (AvgIpc) is 3.49. The topological polar surface area (TPSA) is 110 Å². The van der Waals surface area contributed by atoms with Gasteiger partial charge in [-0.15, -0.1) is 0 Å². The highest BCUT2D eigenvalue weighted by Gasteiger charge is 2.28. The molecule has 0 radical (unpaired) electrons. The number of hydrazone groups is 1. The molecule has 1 aromatic heterocycles. The molecule has 0 spiro atoms. The molecule has 0 atom stereocenters. The number of aromatic nitrogens is 2. The summed E-state index contributed by atoms with van der Waals surface area (Å²) in [7, 11) is 0. The van der Waals surface area contributed by atoms with Crippen molar-refractivity contribution in [2.45, 2.75) is 25.7 Å². The van der Waals surface area contributed by atoms with Crippen LogP contribution in [0.5, 0.6) is 11.5 Å². The van der Waals surface area contributed by atoms with Crippen LogP contribution in [0.3, 0.4) is 0 Å². The normalized spacial score (nSPS) is 18.3. The molecular weight excluding hydrogens is 378 g/mol. The van der Waals surface area contributed by atoms with Gasteiger partial charge in [0.15, 0.2) is 11.5 Å². The molecule has 29 heavy (non-hydrogen) atoms. The summed E-state index contributed by atoms with van der Waals surface area (Å²) >= 11 is 0. The van der Waals surface area contributed by atoms with Gasteiger partial charge in [0, 0.05) is 31.5 Å². The standard InChI is InChI=1S/C19H19N5O5/c25-16-6-4-13(21-24(16)10-17(26)23-7-1-2-8-23)19-20-18(22-29-19)12-3-5-14-15(9-12)28-11-27-14/h3,5,9H,1-2,4,6-8,10-11H2. The third-order valence-electron chi connectivity index (χ3n) is 5.15. The zero-order chi connectivity index (χ0) is 19.8. The Hall–Kier alpha value is -3.43. The highest BCUT2D eigenvalue weighted by Crippen LogP contribution is 2.35. The first-order valence-corrected chi connectivity index (χ1v) is 9.57. The van der Waals surface area contributed by atoms with E-state index in [2.05, 4.69) is 15.2 Å². The smallest absolute Gasteiger partial charge is 0.274 e. The molecule has 0 unspecified atom stereocenters. The van der Waals surface area contributed by atoms with Crippen LogP contribution in [0.25, 0.3) is 11.4 Å². The fourth-order valence-corrected chi connectivity index (χ4v) is 3.57. The van der Waals surface area contributed by atoms with Crippen molar-refractivity contribution < 1.29 is 23.6 Å². The van der Waals surface area contributed by atoms with Gasteiger partial charge in [-0.05, 0) is 31.0 Å². The Morgan fingerprint density at radius 2 is 1.93 bits per heavy atom. The highest BCUT2D eigenvalue weighted by atomic mass is 16.7. The molecule has 5 rings (SSSR count). The summed E-state index contributed by atoms with van der Waals surface area (Å²) in [5.74, 6) is 1.65. The second kappa shape index (κ2) is 7.19. The number of fused-ring (bicyclic) bond motifs is 1. The van der Waals surface area contributed by atoms with Crippen molar-refractivity contribution in [3.05, 3.63) is 24.1 Å². The number of hydrogen-bond donors (Lipinski definition) is 0. The Balaban J connectivity index is 1.35. The Morgan fingerprint density at radius 3 is 2.79 bits per heavy atom. The van der Waals surface area contributed by atoms with Gasteiger partial charge in [-0.1, -0.05) is 5.16 Å². The molecule has 4 heterocycles. The molecule has 1 aromatic carbocycles. The molecule has 150 valence electrons. The monoisotopic (exact) mass is 397 g/mol. The van der Waals surface area contributed by atoms with Gasteiger partial charge in [0.05, 0.1) is 0 Å². The number of rotatable bonds is 4. The molecule has 10 heteroatoms. The Bertz CT molecular complexity index is 995. The fourth-order valence-electron chi connectivity index (χ4n) is 3.57. The number of ether oxygens (including phenoxy) is 2. The van der Waals surface area contributed by atoms with Gasteiger partial charge in [-0.3, -0.25) is 9.59 Å². The molecule has 2 aromatic rings. The van der Waals surface area contributed by atoms with E-state index in [4.69, 9.17) is 14.0 Å². The fraction of sp³-hybridized carbons (Fsp3) is 0.421. The maximum absolute atomic E-state index is 12.4. The highest BCUT2D eigenvalue weighted by molar-refractivity contribution is 6.01. The number of carbonyl (C=O) groups is 2. The van der Waals surface area contributed by atoms with Gasteiger partial charge < -0.3 is 18.9 Å². The minimum absolute atomic E-state index is 0.0640. The van der Waals surface area contributed by atoms with E-state index >= 15 is 0 Å². The minimum Gasteiger partial charge on any atom is -0.454 e. The summed E-state index contributed by atoms with van der Waals surface area (Å²) in [6.45, 7) is 1.60. The summed E-state index contributed by atoms with van der Waals surface area (Å²) in [6.07, 6.45) is 2.63. The number of hydrogen-bond acceptors (Lipinski definition) is 8. The van der Waals surface area contributed by atoms with E-state index in [-0.39, 0.29) is 37.5 Å². The van der Waals surface area contributed by atoms with Gasteiger partial charge in [0.25, 0.3) is 5.89 Å². The molecule has 3 aliphatic heterocycles. The van der Waals surface area contributed by atoms with Crippen LogP contribution in [0.2, 0.25) is 0 Å². The first-order valence-electron chi connectivity index (χ1n) is 9.57. The van der Waals surface area contributed by atoms with E-state index in [9.17, 15) is 9.59 Å². The lowest BCUT2D eigenvalue weighted by Gasteiger charge is -2.24. The van der Waals surface area contributed by atoms with Crippen molar-refractivity contribution in [3.63, 3.8) is 0 Å². The average molecular weight is 397 g/mol. The molecule has 0 saturated carbocycles. The third-order valence-corrected chi connectivity index (χ3v) is 5.15. The van der Waals surface area contributed by atoms with Crippen molar-refractivity contribution in [1.29, 1.82) is 0 Å². The first-order chi connectivity index (χ1) is 14.2. The van der Waals surface area contributed by atoms with Gasteiger partial charge in [0.2, 0.25) is 24.4 Å². The molecule has 0 bridgehead atoms. The summed E-state index contributed by atoms with van der Waals surface area (Å²) in [5, 5.41) is 9.55. The zero-order valence-corrected chi connectivity index (χ0v) is 15.7. The number of benzene rings is 1. The largest absolute Gasteiger partial charge is 0.454 e. The van der Waals surface area contributed by atoms with Crippen LogP contribution in [-0.2, 0) is 9.59 Å². The van der Waals surface area contributed by atoms with Crippen LogP contribution in [0, 0.1) is 0 Å².